The number of halogens is 3. The normalized spacial score (nSPS) is 10.6. The van der Waals surface area contributed by atoms with Gasteiger partial charge in [0.15, 0.2) is 0 Å². The fraction of sp³-hybridized carbons (Fsp3) is 0.200. The molecule has 0 heterocycles. The Morgan fingerprint density at radius 2 is 1.95 bits per heavy atom. The molecule has 2 aromatic carbocycles. The molecule has 0 aromatic heterocycles. The van der Waals surface area contributed by atoms with Crippen LogP contribution in [0, 0.1) is 0 Å². The second-order valence-electron chi connectivity index (χ2n) is 4.19. The van der Waals surface area contributed by atoms with Crippen LogP contribution in [-0.2, 0) is 6.54 Å². The van der Waals surface area contributed by atoms with Crippen molar-refractivity contribution in [3.05, 3.63) is 56.5 Å². The van der Waals surface area contributed by atoms with Crippen LogP contribution in [-0.4, -0.2) is 6.54 Å². The van der Waals surface area contributed by atoms with Crippen LogP contribution in [0.5, 0.6) is 11.5 Å². The molecule has 0 unspecified atom stereocenters. The third-order valence-corrected chi connectivity index (χ3v) is 4.03. The monoisotopic (exact) mass is 373 g/mol. The highest BCUT2D eigenvalue weighted by molar-refractivity contribution is 9.10. The second kappa shape index (κ2) is 7.32. The lowest BCUT2D eigenvalue weighted by Crippen LogP contribution is -2.12. The van der Waals surface area contributed by atoms with Gasteiger partial charge >= 0.3 is 0 Å². The quantitative estimate of drug-likeness (QED) is 0.729. The zero-order valence-electron chi connectivity index (χ0n) is 10.9. The average Bonchev–Trinajstić information content (AvgIpc) is 2.43. The number of hydrogen-bond acceptors (Lipinski definition) is 2. The molecule has 2 nitrogen and oxygen atoms in total. The fourth-order valence-corrected chi connectivity index (χ4v) is 2.38. The lowest BCUT2D eigenvalue weighted by molar-refractivity contribution is 0.473. The van der Waals surface area contributed by atoms with Gasteiger partial charge in [0.25, 0.3) is 0 Å². The van der Waals surface area contributed by atoms with Crippen LogP contribution in [0.3, 0.4) is 0 Å². The van der Waals surface area contributed by atoms with E-state index in [4.69, 9.17) is 27.9 Å². The molecule has 0 radical (unpaired) electrons. The topological polar surface area (TPSA) is 21.3 Å². The van der Waals surface area contributed by atoms with Crippen LogP contribution >= 0.6 is 39.1 Å². The molecule has 0 saturated carbocycles. The Balaban J connectivity index is 2.31. The van der Waals surface area contributed by atoms with E-state index in [2.05, 4.69) is 28.2 Å². The first-order chi connectivity index (χ1) is 9.61. The highest BCUT2D eigenvalue weighted by Gasteiger charge is 2.10. The minimum atomic E-state index is 0.420. The van der Waals surface area contributed by atoms with Crippen LogP contribution in [0.15, 0.2) is 40.9 Å². The van der Waals surface area contributed by atoms with E-state index in [-0.39, 0.29) is 0 Å². The zero-order chi connectivity index (χ0) is 14.5. The highest BCUT2D eigenvalue weighted by atomic mass is 79.9. The molecule has 106 valence electrons. The Morgan fingerprint density at radius 3 is 2.70 bits per heavy atom. The van der Waals surface area contributed by atoms with Gasteiger partial charge in [-0.2, -0.15) is 0 Å². The molecule has 0 bridgehead atoms. The molecule has 0 aliphatic heterocycles. The summed E-state index contributed by atoms with van der Waals surface area (Å²) in [6.07, 6.45) is 0. The van der Waals surface area contributed by atoms with Crippen LogP contribution in [0.4, 0.5) is 0 Å². The minimum absolute atomic E-state index is 0.420. The maximum Gasteiger partial charge on any atom is 0.147 e. The van der Waals surface area contributed by atoms with E-state index in [1.54, 1.807) is 12.1 Å². The maximum absolute atomic E-state index is 6.16. The Bertz CT molecular complexity index is 604. The standard InChI is InChI=1S/C15H14BrCl2NO/c1-2-19-9-10-6-7-11(16)8-14(10)20-13-5-3-4-12(17)15(13)18/h3-8,19H,2,9H2,1H3. The first kappa shape index (κ1) is 15.6. The van der Waals surface area contributed by atoms with Crippen LogP contribution in [0.25, 0.3) is 0 Å². The molecule has 20 heavy (non-hydrogen) atoms. The molecular weight excluding hydrogens is 361 g/mol. The Morgan fingerprint density at radius 1 is 1.15 bits per heavy atom. The molecule has 0 amide bonds. The third-order valence-electron chi connectivity index (χ3n) is 2.73. The number of ether oxygens (including phenoxy) is 1. The molecular formula is C15H14BrCl2NO. The summed E-state index contributed by atoms with van der Waals surface area (Å²) in [6.45, 7) is 3.69. The molecule has 0 fully saturated rings. The van der Waals surface area contributed by atoms with Gasteiger partial charge in [0.05, 0.1) is 5.02 Å². The minimum Gasteiger partial charge on any atom is -0.455 e. The van der Waals surface area contributed by atoms with Gasteiger partial charge in [0.2, 0.25) is 0 Å². The van der Waals surface area contributed by atoms with Crippen molar-refractivity contribution in [2.75, 3.05) is 6.54 Å². The van der Waals surface area contributed by atoms with E-state index < -0.39 is 0 Å². The van der Waals surface area contributed by atoms with E-state index in [0.29, 0.717) is 15.8 Å². The number of rotatable bonds is 5. The van der Waals surface area contributed by atoms with Crippen molar-refractivity contribution >= 4 is 39.1 Å². The Hall–Kier alpha value is -0.740. The van der Waals surface area contributed by atoms with E-state index in [0.717, 1.165) is 28.9 Å². The summed E-state index contributed by atoms with van der Waals surface area (Å²) < 4.78 is 6.86. The van der Waals surface area contributed by atoms with Gasteiger partial charge in [-0.1, -0.05) is 58.2 Å². The largest absolute Gasteiger partial charge is 0.455 e. The summed E-state index contributed by atoms with van der Waals surface area (Å²) in [7, 11) is 0. The second-order valence-corrected chi connectivity index (χ2v) is 5.89. The van der Waals surface area contributed by atoms with Gasteiger partial charge in [-0.3, -0.25) is 0 Å². The molecule has 0 saturated heterocycles. The van der Waals surface area contributed by atoms with Crippen molar-refractivity contribution < 1.29 is 4.74 Å². The van der Waals surface area contributed by atoms with Gasteiger partial charge < -0.3 is 10.1 Å². The zero-order valence-corrected chi connectivity index (χ0v) is 14.0. The third kappa shape index (κ3) is 3.89. The average molecular weight is 375 g/mol. The van der Waals surface area contributed by atoms with Crippen molar-refractivity contribution in [2.24, 2.45) is 0 Å². The first-order valence-electron chi connectivity index (χ1n) is 6.23. The summed E-state index contributed by atoms with van der Waals surface area (Å²) in [6, 6.07) is 11.3. The molecule has 0 spiro atoms. The van der Waals surface area contributed by atoms with Crippen LogP contribution in [0.2, 0.25) is 10.0 Å². The van der Waals surface area contributed by atoms with Gasteiger partial charge in [-0.05, 0) is 30.8 Å². The molecule has 2 rings (SSSR count). The summed E-state index contributed by atoms with van der Waals surface area (Å²) in [4.78, 5) is 0. The van der Waals surface area contributed by atoms with Crippen molar-refractivity contribution in [2.45, 2.75) is 13.5 Å². The number of benzene rings is 2. The molecule has 5 heteroatoms. The highest BCUT2D eigenvalue weighted by Crippen LogP contribution is 2.36. The van der Waals surface area contributed by atoms with Crippen molar-refractivity contribution in [3.8, 4) is 11.5 Å². The van der Waals surface area contributed by atoms with E-state index >= 15 is 0 Å². The Kier molecular flexibility index (Phi) is 5.73. The molecule has 1 N–H and O–H groups in total. The predicted molar refractivity (Wildman–Crippen MR) is 88.1 cm³/mol. The maximum atomic E-state index is 6.16. The summed E-state index contributed by atoms with van der Waals surface area (Å²) >= 11 is 15.6. The Labute approximate surface area is 137 Å². The van der Waals surface area contributed by atoms with Gasteiger partial charge in [0, 0.05) is 16.6 Å². The van der Waals surface area contributed by atoms with E-state index in [1.165, 1.54) is 0 Å². The molecule has 0 atom stereocenters. The van der Waals surface area contributed by atoms with Crippen molar-refractivity contribution in [1.29, 1.82) is 0 Å². The summed E-state index contributed by atoms with van der Waals surface area (Å²) in [5, 5.41) is 4.18. The van der Waals surface area contributed by atoms with Gasteiger partial charge in [-0.25, -0.2) is 0 Å². The SMILES string of the molecule is CCNCc1ccc(Br)cc1Oc1cccc(Cl)c1Cl. The lowest BCUT2D eigenvalue weighted by atomic mass is 10.2. The molecule has 2 aromatic rings. The van der Waals surface area contributed by atoms with Gasteiger partial charge in [0.1, 0.15) is 16.5 Å². The lowest BCUT2D eigenvalue weighted by Gasteiger charge is -2.13. The number of hydrogen-bond donors (Lipinski definition) is 1. The predicted octanol–water partition coefficient (Wildman–Crippen LogP) is 5.66. The van der Waals surface area contributed by atoms with Crippen LogP contribution < -0.4 is 10.1 Å². The van der Waals surface area contributed by atoms with Gasteiger partial charge in [-0.15, -0.1) is 0 Å². The first-order valence-corrected chi connectivity index (χ1v) is 7.77. The number of nitrogens with one attached hydrogen (secondary N) is 1. The van der Waals surface area contributed by atoms with E-state index in [9.17, 15) is 0 Å². The molecule has 0 aliphatic rings. The van der Waals surface area contributed by atoms with E-state index in [1.807, 2.05) is 24.3 Å². The molecule has 0 aliphatic carbocycles. The van der Waals surface area contributed by atoms with Crippen LogP contribution in [0.1, 0.15) is 12.5 Å². The summed E-state index contributed by atoms with van der Waals surface area (Å²) in [5.74, 6) is 1.31. The fourth-order valence-electron chi connectivity index (χ4n) is 1.71. The smallest absolute Gasteiger partial charge is 0.147 e. The van der Waals surface area contributed by atoms with Crippen molar-refractivity contribution in [3.63, 3.8) is 0 Å². The summed E-state index contributed by atoms with van der Waals surface area (Å²) in [5.41, 5.74) is 1.06. The van der Waals surface area contributed by atoms with Crippen molar-refractivity contribution in [1.82, 2.24) is 5.32 Å².